The van der Waals surface area contributed by atoms with Crippen molar-refractivity contribution in [3.63, 3.8) is 0 Å². The van der Waals surface area contributed by atoms with E-state index in [0.29, 0.717) is 35.8 Å². The Morgan fingerprint density at radius 3 is 1.03 bits per heavy atom. The Kier molecular flexibility index (Phi) is 19.5. The molecule has 0 saturated carbocycles. The molecule has 0 bridgehead atoms. The van der Waals surface area contributed by atoms with Gasteiger partial charge >= 0.3 is 17.8 Å². The minimum Gasteiger partial charge on any atom is -0.494 e. The van der Waals surface area contributed by atoms with Gasteiger partial charge in [0.2, 0.25) is 0 Å². The summed E-state index contributed by atoms with van der Waals surface area (Å²) in [5.41, 5.74) is -1.74. The lowest BCUT2D eigenvalue weighted by Gasteiger charge is -2.25. The quantitative estimate of drug-likeness (QED) is 0.0360. The summed E-state index contributed by atoms with van der Waals surface area (Å²) in [6, 6.07) is 25.0. The third-order valence-corrected chi connectivity index (χ3v) is 16.1. The molecule has 7 rings (SSSR count). The van der Waals surface area contributed by atoms with Crippen molar-refractivity contribution in [1.29, 1.82) is 0 Å². The van der Waals surface area contributed by atoms with E-state index in [1.807, 2.05) is 0 Å². The highest BCUT2D eigenvalue weighted by atomic mass is 32.1. The number of thiophene rings is 2. The van der Waals surface area contributed by atoms with Crippen LogP contribution >= 0.6 is 22.7 Å². The first-order valence-electron chi connectivity index (χ1n) is 26.3. The fourth-order valence-corrected chi connectivity index (χ4v) is 11.7. The number of allylic oxidation sites excluding steroid dienone is 2. The zero-order valence-corrected chi connectivity index (χ0v) is 44.2. The van der Waals surface area contributed by atoms with Crippen molar-refractivity contribution < 1.29 is 44.6 Å². The third kappa shape index (κ3) is 13.1. The average molecular weight is 1050 g/mol. The maximum atomic E-state index is 16.1. The van der Waals surface area contributed by atoms with Crippen LogP contribution in [0.2, 0.25) is 0 Å². The van der Waals surface area contributed by atoms with E-state index >= 15 is 35.1 Å². The normalized spacial score (nSPS) is 14.8. The van der Waals surface area contributed by atoms with Gasteiger partial charge < -0.3 is 9.47 Å². The molecule has 12 heteroatoms. The second-order valence-electron chi connectivity index (χ2n) is 19.4. The second kappa shape index (κ2) is 25.5. The number of ether oxygens (including phenoxy) is 2. The van der Waals surface area contributed by atoms with Crippen molar-refractivity contribution in [2.24, 2.45) is 0 Å². The molecule has 392 valence electrons. The molecule has 0 spiro atoms. The van der Waals surface area contributed by atoms with Gasteiger partial charge in [0, 0.05) is 41.8 Å². The van der Waals surface area contributed by atoms with Gasteiger partial charge in [-0.1, -0.05) is 165 Å². The number of halogens is 8. The molecule has 1 aliphatic carbocycles. The fraction of sp³-hybridized carbons (Fsp3) is 0.443. The van der Waals surface area contributed by atoms with Crippen molar-refractivity contribution in [1.82, 2.24) is 0 Å². The molecule has 6 aromatic rings. The molecule has 4 aromatic carbocycles. The Bertz CT molecular complexity index is 2570. The number of benzene rings is 4. The van der Waals surface area contributed by atoms with Gasteiger partial charge in [-0.15, -0.1) is 22.7 Å². The summed E-state index contributed by atoms with van der Waals surface area (Å²) < 4.78 is 139. The van der Waals surface area contributed by atoms with E-state index in [9.17, 15) is 0 Å². The van der Waals surface area contributed by atoms with E-state index in [-0.39, 0.29) is 41.8 Å². The predicted molar refractivity (Wildman–Crippen MR) is 287 cm³/mol. The second-order valence-corrected chi connectivity index (χ2v) is 21.9. The Hall–Kier alpha value is -4.94. The third-order valence-electron chi connectivity index (χ3n) is 13.9. The maximum absolute atomic E-state index is 16.1. The largest absolute Gasteiger partial charge is 0.494 e. The number of aryl methyl sites for hydroxylation is 2. The van der Waals surface area contributed by atoms with Crippen LogP contribution in [0.15, 0.2) is 97.1 Å². The molecule has 0 saturated heterocycles. The fourth-order valence-electron chi connectivity index (χ4n) is 9.65. The first kappa shape index (κ1) is 55.8. The summed E-state index contributed by atoms with van der Waals surface area (Å²) in [6.07, 6.45) is 21.7. The summed E-state index contributed by atoms with van der Waals surface area (Å²) in [5.74, 6) is -16.3. The van der Waals surface area contributed by atoms with Crippen LogP contribution in [-0.2, 0) is 0 Å². The van der Waals surface area contributed by atoms with Crippen LogP contribution in [0.4, 0.5) is 35.1 Å². The molecule has 2 heterocycles. The summed E-state index contributed by atoms with van der Waals surface area (Å²) in [7, 11) is 0. The smallest absolute Gasteiger partial charge is 0.380 e. The van der Waals surface area contributed by atoms with E-state index < -0.39 is 51.7 Å². The van der Waals surface area contributed by atoms with Gasteiger partial charge in [0.1, 0.15) is 23.1 Å². The van der Waals surface area contributed by atoms with Crippen LogP contribution < -0.4 is 9.47 Å². The van der Waals surface area contributed by atoms with Gasteiger partial charge in [-0.25, -0.2) is 8.78 Å². The predicted octanol–water partition coefficient (Wildman–Crippen LogP) is 21.0. The molecule has 2 nitrogen and oxygen atoms in total. The molecule has 1 aliphatic rings. The van der Waals surface area contributed by atoms with Crippen LogP contribution in [0.3, 0.4) is 0 Å². The van der Waals surface area contributed by atoms with E-state index in [1.54, 1.807) is 60.7 Å². The van der Waals surface area contributed by atoms with Gasteiger partial charge in [-0.05, 0) is 109 Å². The van der Waals surface area contributed by atoms with Crippen molar-refractivity contribution >= 4 is 33.8 Å². The molecule has 0 amide bonds. The average Bonchev–Trinajstić information content (AvgIpc) is 3.98. The highest BCUT2D eigenvalue weighted by Crippen LogP contribution is 2.66. The molecule has 0 unspecified atom stereocenters. The molecule has 2 aromatic heterocycles. The first-order chi connectivity index (χ1) is 35.1. The van der Waals surface area contributed by atoms with Crippen LogP contribution in [0.1, 0.15) is 150 Å². The Morgan fingerprint density at radius 2 is 0.699 bits per heavy atom. The summed E-state index contributed by atoms with van der Waals surface area (Å²) in [6.45, 7) is 8.36. The molecule has 0 N–H and O–H groups in total. The van der Waals surface area contributed by atoms with E-state index in [1.165, 1.54) is 128 Å². The summed E-state index contributed by atoms with van der Waals surface area (Å²) >= 11 is 1.82. The maximum Gasteiger partial charge on any atom is 0.380 e. The van der Waals surface area contributed by atoms with Crippen LogP contribution in [0, 0.1) is 25.5 Å². The molecule has 0 fully saturated rings. The van der Waals surface area contributed by atoms with E-state index in [0.717, 1.165) is 60.5 Å². The number of rotatable bonds is 28. The lowest BCUT2D eigenvalue weighted by molar-refractivity contribution is -0.254. The summed E-state index contributed by atoms with van der Waals surface area (Å²) in [5, 5.41) is 0. The van der Waals surface area contributed by atoms with E-state index in [4.69, 9.17) is 9.47 Å². The highest BCUT2D eigenvalue weighted by molar-refractivity contribution is 7.16. The SMILES string of the molecule is CCCCCCCCCCCOc1ccc(-c2ccc(-c3cc(C4=C(c5cc(-c6ccc(-c7ccc(OCCCCCCCCCCC)cc7)c(F)c6)sc5C)C(F)(F)C(F)(F)C4(F)F)c(C)s3)cc2F)cc1. The van der Waals surface area contributed by atoms with Crippen molar-refractivity contribution in [3.05, 3.63) is 130 Å². The van der Waals surface area contributed by atoms with Crippen LogP contribution in [0.5, 0.6) is 11.5 Å². The monoisotopic (exact) mass is 1050 g/mol. The molecule has 0 aliphatic heterocycles. The highest BCUT2D eigenvalue weighted by Gasteiger charge is 2.80. The standard InChI is InChI=1S/C61H68F8O2S2/c1-5-7-9-11-13-15-17-19-21-35-70-47-29-23-43(24-30-47)49-33-27-45(37-53(49)62)55-39-51(41(3)72-55)57-58(60(66,67)61(68,69)59(57,64)65)52-40-56(73-42(52)4)46-28-34-50(54(63)38-46)44-25-31-48(32-26-44)71-36-22-20-18-16-14-12-10-8-6-2/h23-34,37-40H,5-22,35-36H2,1-4H3. The summed E-state index contributed by atoms with van der Waals surface area (Å²) in [4.78, 5) is 0.604. The Morgan fingerprint density at radius 1 is 0.384 bits per heavy atom. The van der Waals surface area contributed by atoms with Gasteiger partial charge in [-0.3, -0.25) is 0 Å². The van der Waals surface area contributed by atoms with Gasteiger partial charge in [-0.2, -0.15) is 26.3 Å². The number of alkyl halides is 6. The van der Waals surface area contributed by atoms with Gasteiger partial charge in [0.25, 0.3) is 0 Å². The molecule has 0 radical (unpaired) electrons. The zero-order chi connectivity index (χ0) is 52.2. The molecular formula is C61H68F8O2S2. The number of hydrogen-bond donors (Lipinski definition) is 0. The van der Waals surface area contributed by atoms with Crippen molar-refractivity contribution in [2.75, 3.05) is 13.2 Å². The van der Waals surface area contributed by atoms with E-state index in [2.05, 4.69) is 13.8 Å². The first-order valence-corrected chi connectivity index (χ1v) is 27.9. The van der Waals surface area contributed by atoms with Gasteiger partial charge in [0.05, 0.1) is 13.2 Å². The molecule has 73 heavy (non-hydrogen) atoms. The molecule has 0 atom stereocenters. The Balaban J connectivity index is 1.04. The van der Waals surface area contributed by atoms with Crippen LogP contribution in [-0.4, -0.2) is 31.0 Å². The minimum atomic E-state index is -5.78. The van der Waals surface area contributed by atoms with Crippen LogP contribution in [0.25, 0.3) is 54.3 Å². The lowest BCUT2D eigenvalue weighted by Crippen LogP contribution is -2.48. The van der Waals surface area contributed by atoms with Crippen molar-refractivity contribution in [3.8, 4) is 54.6 Å². The number of hydrogen-bond acceptors (Lipinski definition) is 4. The van der Waals surface area contributed by atoms with Gasteiger partial charge in [0.15, 0.2) is 0 Å². The topological polar surface area (TPSA) is 18.5 Å². The minimum absolute atomic E-state index is 0.0716. The number of unbranched alkanes of at least 4 members (excludes halogenated alkanes) is 16. The Labute approximate surface area is 434 Å². The van der Waals surface area contributed by atoms with Crippen molar-refractivity contribution in [2.45, 2.75) is 161 Å². The lowest BCUT2D eigenvalue weighted by atomic mass is 9.94. The molecular weight excluding hydrogens is 981 g/mol. The zero-order valence-electron chi connectivity index (χ0n) is 42.5.